The molecule has 6 heteroatoms. The van der Waals surface area contributed by atoms with Crippen LogP contribution in [0.5, 0.6) is 5.75 Å². The number of nitrogens with zero attached hydrogens (tertiary/aromatic N) is 2. The summed E-state index contributed by atoms with van der Waals surface area (Å²) in [4.78, 5) is 14.3. The van der Waals surface area contributed by atoms with Crippen LogP contribution in [-0.4, -0.2) is 22.2 Å². The molecule has 0 saturated heterocycles. The van der Waals surface area contributed by atoms with Gasteiger partial charge in [0.05, 0.1) is 12.3 Å². The van der Waals surface area contributed by atoms with Crippen molar-refractivity contribution < 1.29 is 14.6 Å². The number of aromatic nitrogens is 1. The molecule has 1 heterocycles. The van der Waals surface area contributed by atoms with Gasteiger partial charge in [0.25, 0.3) is 0 Å². The fourth-order valence-corrected chi connectivity index (χ4v) is 4.55. The zero-order valence-corrected chi connectivity index (χ0v) is 22.6. The molecule has 5 nitrogen and oxygen atoms in total. The van der Waals surface area contributed by atoms with Crippen LogP contribution >= 0.6 is 11.6 Å². The van der Waals surface area contributed by atoms with Gasteiger partial charge in [-0.2, -0.15) is 0 Å². The van der Waals surface area contributed by atoms with Crippen molar-refractivity contribution in [1.82, 2.24) is 4.57 Å². The maximum absolute atomic E-state index is 12.1. The maximum Gasteiger partial charge on any atom is 0.352 e. The van der Waals surface area contributed by atoms with Gasteiger partial charge >= 0.3 is 5.97 Å². The highest BCUT2D eigenvalue weighted by molar-refractivity contribution is 6.32. The van der Waals surface area contributed by atoms with Gasteiger partial charge in [-0.3, -0.25) is 0 Å². The molecule has 1 aromatic heterocycles. The molecule has 0 unspecified atom stereocenters. The molecule has 38 heavy (non-hydrogen) atoms. The largest absolute Gasteiger partial charge is 0.494 e. The number of carboxylic acids is 1. The summed E-state index contributed by atoms with van der Waals surface area (Å²) in [5, 5.41) is 10.7. The SMILES string of the molecule is C#Cc1ccc(CN(c2cccc(C)c2)c2cc(C(=O)O)n(CCCOc3cc(C)c(Cl)c(C)c3)c2)cc1. The lowest BCUT2D eigenvalue weighted by atomic mass is 10.1. The Kier molecular flexibility index (Phi) is 8.45. The highest BCUT2D eigenvalue weighted by Gasteiger charge is 2.18. The average molecular weight is 527 g/mol. The summed E-state index contributed by atoms with van der Waals surface area (Å²) in [6.07, 6.45) is 8.06. The van der Waals surface area contributed by atoms with Gasteiger partial charge in [0.1, 0.15) is 11.4 Å². The van der Waals surface area contributed by atoms with Gasteiger partial charge in [-0.15, -0.1) is 6.42 Å². The van der Waals surface area contributed by atoms with Crippen LogP contribution in [0.4, 0.5) is 11.4 Å². The standard InChI is InChI=1S/C32H31ClN2O3/c1-5-25-10-12-26(13-11-25)20-35(27-9-6-8-22(2)16-27)28-19-30(32(36)37)34(21-28)14-7-15-38-29-17-23(3)31(33)24(4)18-29/h1,6,8-13,16-19,21H,7,14-15,20H2,2-4H3,(H,36,37). The van der Waals surface area contributed by atoms with Crippen LogP contribution in [0.1, 0.15) is 44.7 Å². The third kappa shape index (κ3) is 6.40. The van der Waals surface area contributed by atoms with E-state index in [4.69, 9.17) is 22.8 Å². The van der Waals surface area contributed by atoms with Gasteiger partial charge in [-0.1, -0.05) is 41.8 Å². The van der Waals surface area contributed by atoms with E-state index in [0.717, 1.165) is 50.0 Å². The van der Waals surface area contributed by atoms with E-state index in [1.54, 1.807) is 10.6 Å². The first kappa shape index (κ1) is 26.9. The minimum absolute atomic E-state index is 0.235. The van der Waals surface area contributed by atoms with Crippen LogP contribution in [0.25, 0.3) is 0 Å². The number of aromatic carboxylic acids is 1. The number of hydrogen-bond donors (Lipinski definition) is 1. The number of carboxylic acid groups (broad SMARTS) is 1. The summed E-state index contributed by atoms with van der Waals surface area (Å²) in [6, 6.07) is 21.6. The Morgan fingerprint density at radius 2 is 1.74 bits per heavy atom. The summed E-state index contributed by atoms with van der Waals surface area (Å²) < 4.78 is 7.72. The van der Waals surface area contributed by atoms with Crippen LogP contribution in [0.15, 0.2) is 72.9 Å². The first-order valence-electron chi connectivity index (χ1n) is 12.5. The van der Waals surface area contributed by atoms with Crippen molar-refractivity contribution >= 4 is 28.9 Å². The van der Waals surface area contributed by atoms with Gasteiger partial charge in [0.2, 0.25) is 0 Å². The Morgan fingerprint density at radius 1 is 1.03 bits per heavy atom. The molecule has 3 aromatic carbocycles. The van der Waals surface area contributed by atoms with Crippen LogP contribution in [-0.2, 0) is 13.1 Å². The zero-order valence-electron chi connectivity index (χ0n) is 21.9. The van der Waals surface area contributed by atoms with Gasteiger partial charge < -0.3 is 19.3 Å². The highest BCUT2D eigenvalue weighted by atomic mass is 35.5. The number of rotatable bonds is 10. The summed E-state index contributed by atoms with van der Waals surface area (Å²) in [5.74, 6) is 2.44. The number of carbonyl (C=O) groups is 1. The molecule has 1 N–H and O–H groups in total. The monoisotopic (exact) mass is 526 g/mol. The maximum atomic E-state index is 12.1. The van der Waals surface area contributed by atoms with Crippen LogP contribution in [0, 0.1) is 33.1 Å². The molecule has 0 bridgehead atoms. The Bertz CT molecular complexity index is 1460. The van der Waals surface area contributed by atoms with Crippen LogP contribution < -0.4 is 9.64 Å². The molecule has 4 aromatic rings. The second-order valence-electron chi connectivity index (χ2n) is 9.42. The summed E-state index contributed by atoms with van der Waals surface area (Å²) in [5.41, 5.74) is 6.97. The Morgan fingerprint density at radius 3 is 2.37 bits per heavy atom. The summed E-state index contributed by atoms with van der Waals surface area (Å²) in [6.45, 7) is 7.47. The van der Waals surface area contributed by atoms with Gasteiger partial charge in [-0.25, -0.2) is 4.79 Å². The highest BCUT2D eigenvalue weighted by Crippen LogP contribution is 2.31. The normalized spacial score (nSPS) is 10.7. The predicted molar refractivity (Wildman–Crippen MR) is 154 cm³/mol. The lowest BCUT2D eigenvalue weighted by Crippen LogP contribution is -2.16. The van der Waals surface area contributed by atoms with E-state index in [1.165, 1.54) is 0 Å². The van der Waals surface area contributed by atoms with Crippen molar-refractivity contribution in [3.05, 3.63) is 111 Å². The number of anilines is 2. The van der Waals surface area contributed by atoms with E-state index in [1.807, 2.05) is 81.6 Å². The molecule has 0 atom stereocenters. The Balaban J connectivity index is 1.55. The predicted octanol–water partition coefficient (Wildman–Crippen LogP) is 7.55. The lowest BCUT2D eigenvalue weighted by molar-refractivity contribution is 0.0684. The minimum atomic E-state index is -0.969. The average Bonchev–Trinajstić information content (AvgIpc) is 3.33. The number of terminal acetylenes is 1. The molecule has 4 rings (SSSR count). The molecule has 0 aliphatic heterocycles. The number of ether oxygens (including phenoxy) is 1. The third-order valence-corrected chi connectivity index (χ3v) is 7.01. The fraction of sp³-hybridized carbons (Fsp3) is 0.219. The first-order valence-corrected chi connectivity index (χ1v) is 12.9. The van der Waals surface area contributed by atoms with Crippen molar-refractivity contribution in [2.45, 2.75) is 40.3 Å². The summed E-state index contributed by atoms with van der Waals surface area (Å²) in [7, 11) is 0. The number of hydrogen-bond acceptors (Lipinski definition) is 3. The van der Waals surface area contributed by atoms with Crippen LogP contribution in [0.2, 0.25) is 5.02 Å². The molecule has 0 fully saturated rings. The van der Waals surface area contributed by atoms with E-state index in [0.29, 0.717) is 26.1 Å². The second-order valence-corrected chi connectivity index (χ2v) is 9.80. The van der Waals surface area contributed by atoms with Crippen molar-refractivity contribution in [2.24, 2.45) is 0 Å². The van der Waals surface area contributed by atoms with Crippen molar-refractivity contribution in [3.63, 3.8) is 0 Å². The molecular formula is C32H31ClN2O3. The number of halogens is 1. The topological polar surface area (TPSA) is 54.7 Å². The quantitative estimate of drug-likeness (QED) is 0.171. The molecule has 0 saturated carbocycles. The van der Waals surface area contributed by atoms with Crippen molar-refractivity contribution in [3.8, 4) is 18.1 Å². The number of aryl methyl sites for hydroxylation is 4. The van der Waals surface area contributed by atoms with Crippen molar-refractivity contribution in [2.75, 3.05) is 11.5 Å². The smallest absolute Gasteiger partial charge is 0.352 e. The van der Waals surface area contributed by atoms with E-state index in [2.05, 4.69) is 16.9 Å². The zero-order chi connectivity index (χ0) is 27.2. The molecule has 0 aliphatic carbocycles. The molecule has 0 spiro atoms. The number of benzene rings is 3. The summed E-state index contributed by atoms with van der Waals surface area (Å²) >= 11 is 6.26. The van der Waals surface area contributed by atoms with Crippen molar-refractivity contribution in [1.29, 1.82) is 0 Å². The third-order valence-electron chi connectivity index (χ3n) is 6.41. The second kappa shape index (κ2) is 11.9. The van der Waals surface area contributed by atoms with Gasteiger partial charge in [0.15, 0.2) is 0 Å². The molecule has 194 valence electrons. The Labute approximate surface area is 229 Å². The molecule has 0 aliphatic rings. The van der Waals surface area contributed by atoms with Crippen LogP contribution in [0.3, 0.4) is 0 Å². The first-order chi connectivity index (χ1) is 18.2. The van der Waals surface area contributed by atoms with E-state index in [-0.39, 0.29) is 5.69 Å². The van der Waals surface area contributed by atoms with E-state index < -0.39 is 5.97 Å². The fourth-order valence-electron chi connectivity index (χ4n) is 4.44. The minimum Gasteiger partial charge on any atom is -0.494 e. The van der Waals surface area contributed by atoms with Gasteiger partial charge in [0, 0.05) is 35.6 Å². The van der Waals surface area contributed by atoms with E-state index in [9.17, 15) is 9.90 Å². The Hall–Kier alpha value is -4.14. The lowest BCUT2D eigenvalue weighted by Gasteiger charge is -2.24. The van der Waals surface area contributed by atoms with E-state index >= 15 is 0 Å². The molecule has 0 amide bonds. The van der Waals surface area contributed by atoms with Gasteiger partial charge in [-0.05, 0) is 91.9 Å². The molecular weight excluding hydrogens is 496 g/mol. The molecule has 0 radical (unpaired) electrons.